The molecule has 0 aliphatic carbocycles. The Balaban J connectivity index is 1.92. The van der Waals surface area contributed by atoms with Crippen molar-refractivity contribution in [3.8, 4) is 0 Å². The van der Waals surface area contributed by atoms with Gasteiger partial charge in [0.25, 0.3) is 0 Å². The van der Waals surface area contributed by atoms with Gasteiger partial charge in [-0.25, -0.2) is 0 Å². The third-order valence-electron chi connectivity index (χ3n) is 3.28. The summed E-state index contributed by atoms with van der Waals surface area (Å²) in [6.45, 7) is 0.757. The molecule has 0 radical (unpaired) electrons. The third-order valence-corrected chi connectivity index (χ3v) is 3.53. The summed E-state index contributed by atoms with van der Waals surface area (Å²) in [6.07, 6.45) is 3.70. The summed E-state index contributed by atoms with van der Waals surface area (Å²) in [5.74, 6) is 0. The van der Waals surface area contributed by atoms with Gasteiger partial charge < -0.3 is 15.5 Å². The smallest absolute Gasteiger partial charge is 0.171 e. The fourth-order valence-electron chi connectivity index (χ4n) is 2.13. The van der Waals surface area contributed by atoms with Gasteiger partial charge in [0.15, 0.2) is 5.11 Å². The number of nitrogens with zero attached hydrogens (tertiary/aromatic N) is 1. The van der Waals surface area contributed by atoms with E-state index in [-0.39, 0.29) is 0 Å². The number of hydrogen-bond donors (Lipinski definition) is 3. The summed E-state index contributed by atoms with van der Waals surface area (Å²) in [4.78, 5) is 5.52. The van der Waals surface area contributed by atoms with E-state index in [4.69, 9.17) is 12.2 Å². The lowest BCUT2D eigenvalue weighted by atomic mass is 10.1. The molecule has 1 atom stereocenters. The molecule has 110 valence electrons. The highest BCUT2D eigenvalue weighted by Gasteiger charge is 2.17. The van der Waals surface area contributed by atoms with Crippen LogP contribution in [0.2, 0.25) is 0 Å². The zero-order valence-corrected chi connectivity index (χ0v) is 13.2. The molecule has 21 heavy (non-hydrogen) atoms. The van der Waals surface area contributed by atoms with E-state index >= 15 is 0 Å². The zero-order valence-electron chi connectivity index (χ0n) is 12.3. The van der Waals surface area contributed by atoms with Crippen molar-refractivity contribution in [1.29, 1.82) is 0 Å². The molecule has 1 heterocycles. The lowest BCUT2D eigenvalue weighted by Crippen LogP contribution is -3.07. The maximum absolute atomic E-state index is 5.34. The van der Waals surface area contributed by atoms with Crippen molar-refractivity contribution in [3.63, 3.8) is 0 Å². The van der Waals surface area contributed by atoms with Gasteiger partial charge >= 0.3 is 0 Å². The highest BCUT2D eigenvalue weighted by molar-refractivity contribution is 7.80. The number of quaternary nitrogens is 1. The monoisotopic (exact) mass is 301 g/mol. The molecular formula is C16H21N4S+. The Morgan fingerprint density at radius 2 is 1.95 bits per heavy atom. The molecule has 0 spiro atoms. The van der Waals surface area contributed by atoms with E-state index in [1.54, 1.807) is 6.20 Å². The van der Waals surface area contributed by atoms with Crippen molar-refractivity contribution < 1.29 is 4.90 Å². The third kappa shape index (κ3) is 4.81. The molecule has 1 aromatic carbocycles. The molecule has 0 aliphatic heterocycles. The van der Waals surface area contributed by atoms with Crippen LogP contribution in [-0.4, -0.2) is 30.7 Å². The number of rotatable bonds is 5. The first-order chi connectivity index (χ1) is 10.2. The minimum atomic E-state index is 0.300. The minimum absolute atomic E-state index is 0.300. The second-order valence-corrected chi connectivity index (χ2v) is 5.53. The van der Waals surface area contributed by atoms with Gasteiger partial charge in [-0.2, -0.15) is 0 Å². The SMILES string of the molecule is C[NH+](C)C(CNC(=S)Nc1ccccc1)c1cccnc1. The fraction of sp³-hybridized carbons (Fsp3) is 0.250. The molecule has 0 saturated heterocycles. The normalized spacial score (nSPS) is 12.0. The van der Waals surface area contributed by atoms with Crippen molar-refractivity contribution in [2.45, 2.75) is 6.04 Å². The molecule has 2 rings (SSSR count). The van der Waals surface area contributed by atoms with Gasteiger partial charge in [0.2, 0.25) is 0 Å². The first kappa shape index (κ1) is 15.4. The highest BCUT2D eigenvalue weighted by atomic mass is 32.1. The van der Waals surface area contributed by atoms with Gasteiger partial charge in [-0.15, -0.1) is 0 Å². The fourth-order valence-corrected chi connectivity index (χ4v) is 2.33. The van der Waals surface area contributed by atoms with Crippen LogP contribution in [0.4, 0.5) is 5.69 Å². The second-order valence-electron chi connectivity index (χ2n) is 5.12. The van der Waals surface area contributed by atoms with Crippen LogP contribution in [0.15, 0.2) is 54.9 Å². The summed E-state index contributed by atoms with van der Waals surface area (Å²) in [6, 6.07) is 14.3. The molecule has 0 bridgehead atoms. The number of para-hydroxylation sites is 1. The van der Waals surface area contributed by atoms with Gasteiger partial charge in [0.1, 0.15) is 6.04 Å². The number of pyridine rings is 1. The molecule has 0 fully saturated rings. The summed E-state index contributed by atoms with van der Waals surface area (Å²) >= 11 is 5.34. The molecule has 0 amide bonds. The van der Waals surface area contributed by atoms with E-state index in [1.807, 2.05) is 42.6 Å². The number of benzene rings is 1. The molecule has 5 heteroatoms. The van der Waals surface area contributed by atoms with Crippen molar-refractivity contribution in [2.24, 2.45) is 0 Å². The summed E-state index contributed by atoms with van der Waals surface area (Å²) in [5, 5.41) is 7.10. The van der Waals surface area contributed by atoms with Gasteiger partial charge in [-0.1, -0.05) is 18.2 Å². The number of likely N-dealkylation sites (N-methyl/N-ethyl adjacent to an activating group) is 1. The Labute approximate surface area is 131 Å². The average Bonchev–Trinajstić information content (AvgIpc) is 2.49. The van der Waals surface area contributed by atoms with E-state index < -0.39 is 0 Å². The molecular weight excluding hydrogens is 280 g/mol. The van der Waals surface area contributed by atoms with Crippen LogP contribution in [0.1, 0.15) is 11.6 Å². The van der Waals surface area contributed by atoms with Crippen LogP contribution < -0.4 is 15.5 Å². The van der Waals surface area contributed by atoms with Crippen molar-refractivity contribution >= 4 is 23.0 Å². The van der Waals surface area contributed by atoms with Gasteiger partial charge in [0.05, 0.1) is 20.6 Å². The Morgan fingerprint density at radius 1 is 1.19 bits per heavy atom. The molecule has 1 aromatic heterocycles. The lowest BCUT2D eigenvalue weighted by Gasteiger charge is -2.22. The largest absolute Gasteiger partial charge is 0.356 e. The Kier molecular flexibility index (Phi) is 5.66. The van der Waals surface area contributed by atoms with Gasteiger partial charge in [0, 0.05) is 23.6 Å². The maximum Gasteiger partial charge on any atom is 0.171 e. The quantitative estimate of drug-likeness (QED) is 0.727. The number of aromatic nitrogens is 1. The number of thiocarbonyl (C=S) groups is 1. The maximum atomic E-state index is 5.34. The lowest BCUT2D eigenvalue weighted by molar-refractivity contribution is -0.890. The average molecular weight is 301 g/mol. The summed E-state index contributed by atoms with van der Waals surface area (Å²) in [7, 11) is 4.26. The number of nitrogens with one attached hydrogen (secondary N) is 3. The predicted octanol–water partition coefficient (Wildman–Crippen LogP) is 1.25. The van der Waals surface area contributed by atoms with E-state index in [0.717, 1.165) is 12.2 Å². The topological polar surface area (TPSA) is 41.4 Å². The first-order valence-electron chi connectivity index (χ1n) is 6.96. The Bertz CT molecular complexity index is 557. The molecule has 2 aromatic rings. The summed E-state index contributed by atoms with van der Waals surface area (Å²) in [5.41, 5.74) is 2.19. The summed E-state index contributed by atoms with van der Waals surface area (Å²) < 4.78 is 0. The van der Waals surface area contributed by atoms with Crippen molar-refractivity contribution in [2.75, 3.05) is 26.0 Å². The second kappa shape index (κ2) is 7.71. The Morgan fingerprint density at radius 3 is 2.57 bits per heavy atom. The van der Waals surface area contributed by atoms with Crippen LogP contribution in [-0.2, 0) is 0 Å². The van der Waals surface area contributed by atoms with E-state index in [0.29, 0.717) is 11.2 Å². The highest BCUT2D eigenvalue weighted by Crippen LogP contribution is 2.07. The zero-order chi connectivity index (χ0) is 15.1. The first-order valence-corrected chi connectivity index (χ1v) is 7.37. The Hall–Kier alpha value is -1.98. The molecule has 3 N–H and O–H groups in total. The van der Waals surface area contributed by atoms with Crippen LogP contribution in [0.3, 0.4) is 0 Å². The molecule has 0 aliphatic rings. The van der Waals surface area contributed by atoms with Crippen molar-refractivity contribution in [3.05, 3.63) is 60.4 Å². The van der Waals surface area contributed by atoms with Crippen LogP contribution >= 0.6 is 12.2 Å². The molecule has 0 saturated carbocycles. The number of anilines is 1. The minimum Gasteiger partial charge on any atom is -0.356 e. The van der Waals surface area contributed by atoms with Crippen molar-refractivity contribution in [1.82, 2.24) is 10.3 Å². The predicted molar refractivity (Wildman–Crippen MR) is 90.5 cm³/mol. The van der Waals surface area contributed by atoms with Crippen LogP contribution in [0.5, 0.6) is 0 Å². The molecule has 1 unspecified atom stereocenters. The number of hydrogen-bond acceptors (Lipinski definition) is 2. The van der Waals surface area contributed by atoms with E-state index in [1.165, 1.54) is 10.5 Å². The van der Waals surface area contributed by atoms with E-state index in [9.17, 15) is 0 Å². The standard InChI is InChI=1S/C16H20N4S/c1-20(2)15(13-7-6-10-17-11-13)12-18-16(21)19-14-8-4-3-5-9-14/h3-11,15H,12H2,1-2H3,(H2,18,19,21)/p+1. The van der Waals surface area contributed by atoms with Gasteiger partial charge in [-0.3, -0.25) is 4.98 Å². The van der Waals surface area contributed by atoms with Gasteiger partial charge in [-0.05, 0) is 36.5 Å². The van der Waals surface area contributed by atoms with E-state index in [2.05, 4.69) is 35.8 Å². The molecule has 4 nitrogen and oxygen atoms in total. The van der Waals surface area contributed by atoms with Crippen LogP contribution in [0.25, 0.3) is 0 Å². The van der Waals surface area contributed by atoms with Crippen LogP contribution in [0, 0.1) is 0 Å².